The summed E-state index contributed by atoms with van der Waals surface area (Å²) in [6.45, 7) is 7.16. The predicted octanol–water partition coefficient (Wildman–Crippen LogP) is 2.89. The number of carbonyl (C=O) groups excluding carboxylic acids is 2. The summed E-state index contributed by atoms with van der Waals surface area (Å²) in [7, 11) is 0. The maximum Gasteiger partial charge on any atom is 0.271 e. The van der Waals surface area contributed by atoms with Crippen molar-refractivity contribution in [2.24, 2.45) is 11.8 Å². The van der Waals surface area contributed by atoms with Gasteiger partial charge < -0.3 is 10.2 Å². The first kappa shape index (κ1) is 21.2. The van der Waals surface area contributed by atoms with Crippen LogP contribution in [0.3, 0.4) is 0 Å². The molecule has 0 spiro atoms. The van der Waals surface area contributed by atoms with Gasteiger partial charge >= 0.3 is 0 Å². The Morgan fingerprint density at radius 3 is 2.59 bits per heavy atom. The van der Waals surface area contributed by atoms with Crippen LogP contribution < -0.4 is 5.32 Å². The van der Waals surface area contributed by atoms with E-state index in [9.17, 15) is 19.7 Å². The first-order valence-electron chi connectivity index (χ1n) is 10.4. The Bertz CT molecular complexity index is 761. The average Bonchev–Trinajstić information content (AvgIpc) is 2.73. The van der Waals surface area contributed by atoms with Crippen molar-refractivity contribution in [2.45, 2.75) is 45.6 Å². The number of nitrogens with zero attached hydrogens (tertiary/aromatic N) is 3. The molecular formula is C21H30N4O4. The summed E-state index contributed by atoms with van der Waals surface area (Å²) >= 11 is 0. The van der Waals surface area contributed by atoms with Gasteiger partial charge in [-0.3, -0.25) is 24.6 Å². The lowest BCUT2D eigenvalue weighted by Gasteiger charge is -2.38. The van der Waals surface area contributed by atoms with Gasteiger partial charge in [0.15, 0.2) is 0 Å². The molecule has 29 heavy (non-hydrogen) atoms. The van der Waals surface area contributed by atoms with E-state index in [1.165, 1.54) is 18.6 Å². The Morgan fingerprint density at radius 2 is 1.93 bits per heavy atom. The van der Waals surface area contributed by atoms with Gasteiger partial charge in [0.2, 0.25) is 11.8 Å². The van der Waals surface area contributed by atoms with Crippen molar-refractivity contribution < 1.29 is 14.5 Å². The number of amides is 2. The minimum atomic E-state index is -0.482. The van der Waals surface area contributed by atoms with Gasteiger partial charge in [-0.25, -0.2) is 0 Å². The van der Waals surface area contributed by atoms with Crippen LogP contribution in [-0.4, -0.2) is 58.8 Å². The Labute approximate surface area is 171 Å². The fraction of sp³-hybridized carbons (Fsp3) is 0.619. The molecule has 2 fully saturated rings. The largest absolute Gasteiger partial charge is 0.342 e. The quantitative estimate of drug-likeness (QED) is 0.603. The molecule has 2 atom stereocenters. The second kappa shape index (κ2) is 9.35. The normalized spacial score (nSPS) is 22.1. The van der Waals surface area contributed by atoms with E-state index in [0.717, 1.165) is 32.4 Å². The number of benzene rings is 1. The van der Waals surface area contributed by atoms with E-state index in [1.807, 2.05) is 11.8 Å². The molecule has 2 unspecified atom stereocenters. The highest BCUT2D eigenvalue weighted by Crippen LogP contribution is 2.25. The third kappa shape index (κ3) is 5.32. The van der Waals surface area contributed by atoms with Gasteiger partial charge in [0.25, 0.3) is 5.69 Å². The van der Waals surface area contributed by atoms with E-state index in [2.05, 4.69) is 17.1 Å². The van der Waals surface area contributed by atoms with E-state index >= 15 is 0 Å². The Hall–Kier alpha value is -2.48. The van der Waals surface area contributed by atoms with Crippen LogP contribution in [0.15, 0.2) is 24.3 Å². The Morgan fingerprint density at radius 1 is 1.21 bits per heavy atom. The maximum atomic E-state index is 12.8. The van der Waals surface area contributed by atoms with Gasteiger partial charge in [-0.05, 0) is 57.7 Å². The molecule has 0 aliphatic carbocycles. The lowest BCUT2D eigenvalue weighted by Crippen LogP contribution is -2.49. The van der Waals surface area contributed by atoms with Crippen molar-refractivity contribution in [3.05, 3.63) is 34.4 Å². The summed E-state index contributed by atoms with van der Waals surface area (Å²) in [6.07, 6.45) is 3.80. The smallest absolute Gasteiger partial charge is 0.271 e. The van der Waals surface area contributed by atoms with Gasteiger partial charge in [-0.1, -0.05) is 13.0 Å². The molecule has 2 saturated heterocycles. The molecule has 3 rings (SSSR count). The van der Waals surface area contributed by atoms with Crippen LogP contribution in [0.1, 0.15) is 39.5 Å². The van der Waals surface area contributed by atoms with Crippen molar-refractivity contribution in [3.63, 3.8) is 0 Å². The fourth-order valence-corrected chi connectivity index (χ4v) is 4.29. The van der Waals surface area contributed by atoms with Crippen LogP contribution in [0, 0.1) is 22.0 Å². The highest BCUT2D eigenvalue weighted by Gasteiger charge is 2.33. The molecular weight excluding hydrogens is 372 g/mol. The van der Waals surface area contributed by atoms with Crippen molar-refractivity contribution in [3.8, 4) is 0 Å². The SMILES string of the molecule is CC1CCCN(C(=O)C2CCN(C(C)C(=O)Nc3cccc([N+](=O)[O-])c3)CC2)C1. The second-order valence-electron chi connectivity index (χ2n) is 8.31. The molecule has 0 radical (unpaired) electrons. The molecule has 0 aromatic heterocycles. The molecule has 0 bridgehead atoms. The molecule has 2 aliphatic heterocycles. The van der Waals surface area contributed by atoms with E-state index in [4.69, 9.17) is 0 Å². The topological polar surface area (TPSA) is 95.8 Å². The third-order valence-electron chi connectivity index (χ3n) is 6.10. The van der Waals surface area contributed by atoms with Crippen molar-refractivity contribution in [1.29, 1.82) is 0 Å². The van der Waals surface area contributed by atoms with Gasteiger partial charge in [0.05, 0.1) is 11.0 Å². The van der Waals surface area contributed by atoms with Crippen LogP contribution in [0.4, 0.5) is 11.4 Å². The standard InChI is InChI=1S/C21H30N4O4/c1-15-5-4-10-24(14-15)21(27)17-8-11-23(12-9-17)16(2)20(26)22-18-6-3-7-19(13-18)25(28)29/h3,6-7,13,15-17H,4-5,8-12,14H2,1-2H3,(H,22,26). The first-order valence-corrected chi connectivity index (χ1v) is 10.4. The van der Waals surface area contributed by atoms with E-state index < -0.39 is 4.92 Å². The van der Waals surface area contributed by atoms with Crippen LogP contribution in [0.25, 0.3) is 0 Å². The van der Waals surface area contributed by atoms with Gasteiger partial charge in [-0.2, -0.15) is 0 Å². The number of hydrogen-bond donors (Lipinski definition) is 1. The van der Waals surface area contributed by atoms with Crippen molar-refractivity contribution >= 4 is 23.2 Å². The highest BCUT2D eigenvalue weighted by atomic mass is 16.6. The summed E-state index contributed by atoms with van der Waals surface area (Å²) in [5.74, 6) is 0.693. The van der Waals surface area contributed by atoms with Gasteiger partial charge in [0, 0.05) is 36.8 Å². The van der Waals surface area contributed by atoms with Gasteiger partial charge in [0.1, 0.15) is 0 Å². The fourth-order valence-electron chi connectivity index (χ4n) is 4.29. The number of non-ortho nitro benzene ring substituents is 1. The molecule has 8 nitrogen and oxygen atoms in total. The molecule has 2 aliphatic rings. The zero-order valence-electron chi connectivity index (χ0n) is 17.2. The molecule has 8 heteroatoms. The number of nitrogens with one attached hydrogen (secondary N) is 1. The van der Waals surface area contributed by atoms with Crippen molar-refractivity contribution in [2.75, 3.05) is 31.5 Å². The van der Waals surface area contributed by atoms with Gasteiger partial charge in [-0.15, -0.1) is 0 Å². The Kier molecular flexibility index (Phi) is 6.84. The lowest BCUT2D eigenvalue weighted by atomic mass is 9.92. The monoisotopic (exact) mass is 402 g/mol. The maximum absolute atomic E-state index is 12.8. The number of nitro benzene ring substituents is 1. The van der Waals surface area contributed by atoms with Crippen molar-refractivity contribution in [1.82, 2.24) is 9.80 Å². The summed E-state index contributed by atoms with van der Waals surface area (Å²) < 4.78 is 0. The highest BCUT2D eigenvalue weighted by molar-refractivity contribution is 5.94. The number of nitro groups is 1. The first-order chi connectivity index (χ1) is 13.8. The zero-order valence-corrected chi connectivity index (χ0v) is 17.2. The van der Waals surface area contributed by atoms with E-state index in [-0.39, 0.29) is 29.5 Å². The molecule has 2 amide bonds. The molecule has 1 aromatic carbocycles. The minimum Gasteiger partial charge on any atom is -0.342 e. The lowest BCUT2D eigenvalue weighted by molar-refractivity contribution is -0.384. The summed E-state index contributed by atoms with van der Waals surface area (Å²) in [4.78, 5) is 39.9. The molecule has 158 valence electrons. The molecule has 0 saturated carbocycles. The number of hydrogen-bond acceptors (Lipinski definition) is 5. The number of likely N-dealkylation sites (tertiary alicyclic amines) is 2. The average molecular weight is 402 g/mol. The molecule has 2 heterocycles. The minimum absolute atomic E-state index is 0.0450. The summed E-state index contributed by atoms with van der Waals surface area (Å²) in [5.41, 5.74) is 0.363. The Balaban J connectivity index is 1.51. The number of rotatable bonds is 5. The second-order valence-corrected chi connectivity index (χ2v) is 8.31. The third-order valence-corrected chi connectivity index (χ3v) is 6.10. The summed E-state index contributed by atoms with van der Waals surface area (Å²) in [6, 6.07) is 5.58. The van der Waals surface area contributed by atoms with E-state index in [1.54, 1.807) is 12.1 Å². The number of piperidine rings is 2. The van der Waals surface area contributed by atoms with Crippen LogP contribution in [0.2, 0.25) is 0 Å². The molecule has 1 aromatic rings. The van der Waals surface area contributed by atoms with Crippen LogP contribution in [-0.2, 0) is 9.59 Å². The van der Waals surface area contributed by atoms with Crippen LogP contribution in [0.5, 0.6) is 0 Å². The molecule has 1 N–H and O–H groups in total. The zero-order chi connectivity index (χ0) is 21.0. The van der Waals surface area contributed by atoms with E-state index in [0.29, 0.717) is 24.7 Å². The van der Waals surface area contributed by atoms with Crippen LogP contribution >= 0.6 is 0 Å². The number of carbonyl (C=O) groups is 2. The summed E-state index contributed by atoms with van der Waals surface area (Å²) in [5, 5.41) is 13.7. The predicted molar refractivity (Wildman–Crippen MR) is 110 cm³/mol. The number of anilines is 1.